The molecule has 4 heteroatoms. The molecule has 3 nitrogen and oxygen atoms in total. The summed E-state index contributed by atoms with van der Waals surface area (Å²) in [5.74, 6) is -0.772. The highest BCUT2D eigenvalue weighted by molar-refractivity contribution is 7.99. The van der Waals surface area contributed by atoms with E-state index in [2.05, 4.69) is 11.1 Å². The number of carbonyl (C=O) groups is 1. The Hall–Kier alpha value is -1.55. The van der Waals surface area contributed by atoms with Gasteiger partial charge in [-0.3, -0.25) is 4.79 Å². The Labute approximate surface area is 104 Å². The molecule has 0 amide bonds. The first-order valence-electron chi connectivity index (χ1n) is 5.29. The Morgan fingerprint density at radius 2 is 2.12 bits per heavy atom. The van der Waals surface area contributed by atoms with Crippen molar-refractivity contribution in [2.24, 2.45) is 0 Å². The van der Waals surface area contributed by atoms with Gasteiger partial charge in [-0.1, -0.05) is 30.0 Å². The smallest absolute Gasteiger partial charge is 0.313 e. The van der Waals surface area contributed by atoms with E-state index in [1.807, 2.05) is 32.0 Å². The van der Waals surface area contributed by atoms with Gasteiger partial charge in [-0.2, -0.15) is 0 Å². The van der Waals surface area contributed by atoms with Gasteiger partial charge in [-0.25, -0.2) is 4.98 Å². The molecule has 17 heavy (non-hydrogen) atoms. The maximum absolute atomic E-state index is 10.6. The number of fused-ring (bicyclic) bond motifs is 1. The number of aromatic nitrogens is 1. The zero-order valence-electron chi connectivity index (χ0n) is 9.73. The minimum Gasteiger partial charge on any atom is -0.481 e. The average Bonchev–Trinajstić information content (AvgIpc) is 2.27. The van der Waals surface area contributed by atoms with E-state index < -0.39 is 5.97 Å². The van der Waals surface area contributed by atoms with Crippen LogP contribution in [0.2, 0.25) is 0 Å². The fourth-order valence-corrected chi connectivity index (χ4v) is 2.41. The lowest BCUT2D eigenvalue weighted by Crippen LogP contribution is -1.99. The van der Waals surface area contributed by atoms with Crippen LogP contribution in [0.15, 0.2) is 29.3 Å². The minimum atomic E-state index is -0.818. The molecular formula is C13H13NO2S. The summed E-state index contributed by atoms with van der Waals surface area (Å²) in [6, 6.07) is 8.09. The summed E-state index contributed by atoms with van der Waals surface area (Å²) < 4.78 is 0. The van der Waals surface area contributed by atoms with Crippen LogP contribution in [-0.4, -0.2) is 21.8 Å². The van der Waals surface area contributed by atoms with E-state index in [1.54, 1.807) is 0 Å². The monoisotopic (exact) mass is 247 g/mol. The molecule has 0 aliphatic carbocycles. The van der Waals surface area contributed by atoms with Gasteiger partial charge in [0.15, 0.2) is 0 Å². The molecule has 1 aromatic carbocycles. The van der Waals surface area contributed by atoms with Crippen molar-refractivity contribution in [3.63, 3.8) is 0 Å². The summed E-state index contributed by atoms with van der Waals surface area (Å²) in [5, 5.41) is 10.6. The Bertz CT molecular complexity index is 581. The third-order valence-corrected chi connectivity index (χ3v) is 3.60. The molecule has 1 heterocycles. The molecule has 1 N–H and O–H groups in total. The number of aliphatic carboxylic acids is 1. The highest BCUT2D eigenvalue weighted by atomic mass is 32.2. The van der Waals surface area contributed by atoms with Gasteiger partial charge in [-0.05, 0) is 31.0 Å². The Kier molecular flexibility index (Phi) is 3.33. The number of aryl methyl sites for hydroxylation is 2. The van der Waals surface area contributed by atoms with Crippen LogP contribution in [0.4, 0.5) is 0 Å². The van der Waals surface area contributed by atoms with Crippen molar-refractivity contribution in [3.8, 4) is 0 Å². The lowest BCUT2D eigenvalue weighted by Gasteiger charge is -2.07. The molecule has 2 aromatic rings. The summed E-state index contributed by atoms with van der Waals surface area (Å²) in [7, 11) is 0. The quantitative estimate of drug-likeness (QED) is 0.847. The number of para-hydroxylation sites is 1. The molecule has 0 spiro atoms. The van der Waals surface area contributed by atoms with Gasteiger partial charge in [0.2, 0.25) is 0 Å². The van der Waals surface area contributed by atoms with Gasteiger partial charge < -0.3 is 5.11 Å². The molecule has 0 fully saturated rings. The van der Waals surface area contributed by atoms with Gasteiger partial charge in [0, 0.05) is 5.39 Å². The predicted octanol–water partition coefficient (Wildman–Crippen LogP) is 3.03. The van der Waals surface area contributed by atoms with Crippen molar-refractivity contribution in [2.45, 2.75) is 18.9 Å². The molecule has 2 rings (SSSR count). The molecule has 0 aliphatic rings. The van der Waals surface area contributed by atoms with Crippen molar-refractivity contribution in [1.82, 2.24) is 4.98 Å². The number of hydrogen-bond donors (Lipinski definition) is 1. The van der Waals surface area contributed by atoms with E-state index in [4.69, 9.17) is 5.11 Å². The fraction of sp³-hybridized carbons (Fsp3) is 0.231. The third kappa shape index (κ3) is 2.58. The molecule has 0 atom stereocenters. The molecule has 0 bridgehead atoms. The summed E-state index contributed by atoms with van der Waals surface area (Å²) in [4.78, 5) is 15.1. The number of thioether (sulfide) groups is 1. The van der Waals surface area contributed by atoms with Crippen molar-refractivity contribution in [2.75, 3.05) is 5.75 Å². The predicted molar refractivity (Wildman–Crippen MR) is 69.6 cm³/mol. The van der Waals surface area contributed by atoms with Crippen LogP contribution >= 0.6 is 11.8 Å². The van der Waals surface area contributed by atoms with Crippen LogP contribution in [0, 0.1) is 13.8 Å². The van der Waals surface area contributed by atoms with E-state index in [-0.39, 0.29) is 5.75 Å². The van der Waals surface area contributed by atoms with E-state index >= 15 is 0 Å². The average molecular weight is 247 g/mol. The number of rotatable bonds is 3. The van der Waals surface area contributed by atoms with E-state index in [9.17, 15) is 4.79 Å². The Morgan fingerprint density at radius 3 is 2.82 bits per heavy atom. The lowest BCUT2D eigenvalue weighted by molar-refractivity contribution is -0.133. The van der Waals surface area contributed by atoms with E-state index in [0.29, 0.717) is 0 Å². The summed E-state index contributed by atoms with van der Waals surface area (Å²) in [5.41, 5.74) is 3.08. The van der Waals surface area contributed by atoms with Gasteiger partial charge >= 0.3 is 5.97 Å². The normalized spacial score (nSPS) is 10.7. The number of hydrogen-bond acceptors (Lipinski definition) is 3. The highest BCUT2D eigenvalue weighted by Crippen LogP contribution is 2.25. The van der Waals surface area contributed by atoms with Crippen molar-refractivity contribution < 1.29 is 9.90 Å². The number of benzene rings is 1. The molecule has 0 saturated heterocycles. The summed E-state index contributed by atoms with van der Waals surface area (Å²) in [6.07, 6.45) is 0. The Balaban J connectivity index is 2.46. The van der Waals surface area contributed by atoms with E-state index in [1.165, 1.54) is 11.8 Å². The molecule has 88 valence electrons. The van der Waals surface area contributed by atoms with Crippen molar-refractivity contribution >= 4 is 28.6 Å². The molecule has 0 saturated carbocycles. The topological polar surface area (TPSA) is 50.2 Å². The van der Waals surface area contributed by atoms with Crippen LogP contribution in [0.25, 0.3) is 10.9 Å². The zero-order chi connectivity index (χ0) is 12.4. The van der Waals surface area contributed by atoms with Crippen LogP contribution in [-0.2, 0) is 4.79 Å². The maximum Gasteiger partial charge on any atom is 0.313 e. The fourth-order valence-electron chi connectivity index (χ4n) is 1.71. The first kappa shape index (κ1) is 11.9. The SMILES string of the molecule is Cc1cc2cccc(C)c2nc1SCC(=O)O. The van der Waals surface area contributed by atoms with Gasteiger partial charge in [0.25, 0.3) is 0 Å². The maximum atomic E-state index is 10.6. The molecular weight excluding hydrogens is 234 g/mol. The van der Waals surface area contributed by atoms with Gasteiger partial charge in [-0.15, -0.1) is 0 Å². The number of pyridine rings is 1. The number of carboxylic acids is 1. The molecule has 1 aromatic heterocycles. The molecule has 0 unspecified atom stereocenters. The van der Waals surface area contributed by atoms with Gasteiger partial charge in [0.05, 0.1) is 11.3 Å². The first-order chi connectivity index (χ1) is 8.08. The first-order valence-corrected chi connectivity index (χ1v) is 6.28. The van der Waals surface area contributed by atoms with Crippen LogP contribution in [0.1, 0.15) is 11.1 Å². The zero-order valence-corrected chi connectivity index (χ0v) is 10.5. The second kappa shape index (κ2) is 4.75. The molecule has 0 radical (unpaired) electrons. The second-order valence-corrected chi connectivity index (χ2v) is 4.90. The lowest BCUT2D eigenvalue weighted by atomic mass is 10.1. The van der Waals surface area contributed by atoms with Crippen LogP contribution < -0.4 is 0 Å². The number of nitrogens with zero attached hydrogens (tertiary/aromatic N) is 1. The second-order valence-electron chi connectivity index (χ2n) is 3.94. The Morgan fingerprint density at radius 1 is 1.35 bits per heavy atom. The summed E-state index contributed by atoms with van der Waals surface area (Å²) >= 11 is 1.27. The third-order valence-electron chi connectivity index (χ3n) is 2.52. The molecule has 0 aliphatic heterocycles. The summed E-state index contributed by atoms with van der Waals surface area (Å²) in [6.45, 7) is 3.97. The highest BCUT2D eigenvalue weighted by Gasteiger charge is 2.07. The van der Waals surface area contributed by atoms with Gasteiger partial charge in [0.1, 0.15) is 5.03 Å². The standard InChI is InChI=1S/C13H13NO2S/c1-8-4-3-5-10-6-9(2)13(14-12(8)10)17-7-11(15)16/h3-6H,7H2,1-2H3,(H,15,16). The van der Waals surface area contributed by atoms with E-state index in [0.717, 1.165) is 27.1 Å². The van der Waals surface area contributed by atoms with Crippen molar-refractivity contribution in [1.29, 1.82) is 0 Å². The number of carboxylic acid groups (broad SMARTS) is 1. The minimum absolute atomic E-state index is 0.0469. The van der Waals surface area contributed by atoms with Crippen LogP contribution in [0.5, 0.6) is 0 Å². The largest absolute Gasteiger partial charge is 0.481 e. The van der Waals surface area contributed by atoms with Crippen LogP contribution in [0.3, 0.4) is 0 Å². The van der Waals surface area contributed by atoms with Crippen molar-refractivity contribution in [3.05, 3.63) is 35.4 Å².